The van der Waals surface area contributed by atoms with Crippen LogP contribution in [0.2, 0.25) is 0 Å². The molecule has 3 aromatic carbocycles. The van der Waals surface area contributed by atoms with Crippen LogP contribution in [-0.2, 0) is 9.59 Å². The van der Waals surface area contributed by atoms with Crippen LogP contribution >= 0.6 is 34.4 Å². The lowest BCUT2D eigenvalue weighted by Crippen LogP contribution is -2.30. The van der Waals surface area contributed by atoms with E-state index in [1.54, 1.807) is 48.5 Å². The maximum absolute atomic E-state index is 13.4. The molecule has 10 heteroatoms. The van der Waals surface area contributed by atoms with Crippen LogP contribution in [0.1, 0.15) is 40.4 Å². The number of rotatable bonds is 11. The Balaban J connectivity index is 1.28. The minimum atomic E-state index is -0.478. The molecule has 5 rings (SSSR count). The molecule has 1 unspecified atom stereocenters. The van der Waals surface area contributed by atoms with E-state index in [1.165, 1.54) is 34.4 Å². The van der Waals surface area contributed by atoms with Gasteiger partial charge in [0.15, 0.2) is 0 Å². The topological polar surface area (TPSA) is 111 Å². The fraction of sp³-hybridized carbons (Fsp3) is 0.111. The van der Waals surface area contributed by atoms with E-state index in [2.05, 4.69) is 22.0 Å². The van der Waals surface area contributed by atoms with E-state index in [0.29, 0.717) is 28.2 Å². The Hall–Kier alpha value is -4.95. The van der Waals surface area contributed by atoms with Crippen LogP contribution < -0.4 is 16.0 Å². The van der Waals surface area contributed by atoms with E-state index < -0.39 is 17.1 Å². The SMILES string of the molecule is CCC(Sc1cccc(NC(=O)/C(=C/c2ccsc2)NC(=O)c2ccccc2)c1)C(=O)Nc1scc(-c2ccc(C)cc2)c1C#N. The standard InChI is InChI=1S/C36H30N4O3S3/c1-3-32(35(43)40-36-29(20-37)30(22-45-36)25-14-12-23(2)13-15-25)46-28-11-7-10-27(19-28)38-34(42)31(18-24-16-17-44-21-24)39-33(41)26-8-5-4-6-9-26/h4-19,21-22,32H,3H2,1-2H3,(H,38,42)(H,39,41)(H,40,43)/b31-18-. The lowest BCUT2D eigenvalue weighted by molar-refractivity contribution is -0.116. The highest BCUT2D eigenvalue weighted by Gasteiger charge is 2.22. The van der Waals surface area contributed by atoms with Crippen molar-refractivity contribution >= 4 is 68.9 Å². The van der Waals surface area contributed by atoms with Crippen LogP contribution in [0.3, 0.4) is 0 Å². The number of thioether (sulfide) groups is 1. The molecule has 0 aliphatic rings. The molecule has 0 aliphatic carbocycles. The molecule has 0 aliphatic heterocycles. The van der Waals surface area contributed by atoms with Gasteiger partial charge in [-0.3, -0.25) is 14.4 Å². The smallest absolute Gasteiger partial charge is 0.272 e. The maximum Gasteiger partial charge on any atom is 0.272 e. The number of nitrogens with one attached hydrogen (secondary N) is 3. The first-order valence-corrected chi connectivity index (χ1v) is 17.1. The summed E-state index contributed by atoms with van der Waals surface area (Å²) < 4.78 is 0. The number of carbonyl (C=O) groups is 3. The zero-order valence-electron chi connectivity index (χ0n) is 25.1. The van der Waals surface area contributed by atoms with E-state index in [4.69, 9.17) is 0 Å². The number of aryl methyl sites for hydroxylation is 1. The molecule has 0 bridgehead atoms. The van der Waals surface area contributed by atoms with Gasteiger partial charge in [0, 0.05) is 27.1 Å². The van der Waals surface area contributed by atoms with Crippen molar-refractivity contribution in [1.82, 2.24) is 5.32 Å². The highest BCUT2D eigenvalue weighted by molar-refractivity contribution is 8.00. The second kappa shape index (κ2) is 15.4. The number of hydrogen-bond acceptors (Lipinski definition) is 7. The molecular formula is C36H30N4O3S3. The molecule has 0 saturated carbocycles. The molecule has 2 aromatic heterocycles. The monoisotopic (exact) mass is 662 g/mol. The molecular weight excluding hydrogens is 633 g/mol. The second-order valence-corrected chi connectivity index (χ2v) is 13.2. The van der Waals surface area contributed by atoms with Gasteiger partial charge in [-0.05, 0) is 77.7 Å². The minimum Gasteiger partial charge on any atom is -0.321 e. The van der Waals surface area contributed by atoms with Crippen molar-refractivity contribution < 1.29 is 14.4 Å². The summed E-state index contributed by atoms with van der Waals surface area (Å²) in [6.07, 6.45) is 2.18. The van der Waals surface area contributed by atoms with Gasteiger partial charge < -0.3 is 16.0 Å². The Labute approximate surface area is 280 Å². The van der Waals surface area contributed by atoms with E-state index >= 15 is 0 Å². The number of benzene rings is 3. The van der Waals surface area contributed by atoms with Crippen molar-refractivity contribution in [3.8, 4) is 17.2 Å². The van der Waals surface area contributed by atoms with Crippen LogP contribution in [-0.4, -0.2) is 23.0 Å². The molecule has 46 heavy (non-hydrogen) atoms. The van der Waals surface area contributed by atoms with Gasteiger partial charge in [-0.2, -0.15) is 16.6 Å². The first kappa shape index (κ1) is 32.4. The zero-order valence-corrected chi connectivity index (χ0v) is 27.5. The largest absolute Gasteiger partial charge is 0.321 e. The first-order valence-electron chi connectivity index (χ1n) is 14.4. The quantitative estimate of drug-likeness (QED) is 0.0969. The Morgan fingerprint density at radius 2 is 1.74 bits per heavy atom. The van der Waals surface area contributed by atoms with Gasteiger partial charge in [0.1, 0.15) is 16.8 Å². The summed E-state index contributed by atoms with van der Waals surface area (Å²) in [7, 11) is 0. The lowest BCUT2D eigenvalue weighted by atomic mass is 10.0. The van der Waals surface area contributed by atoms with Gasteiger partial charge >= 0.3 is 0 Å². The lowest BCUT2D eigenvalue weighted by Gasteiger charge is -2.15. The van der Waals surface area contributed by atoms with Crippen molar-refractivity contribution in [1.29, 1.82) is 5.26 Å². The van der Waals surface area contributed by atoms with E-state index in [-0.39, 0.29) is 11.6 Å². The highest BCUT2D eigenvalue weighted by atomic mass is 32.2. The summed E-state index contributed by atoms with van der Waals surface area (Å²) in [6.45, 7) is 3.94. The van der Waals surface area contributed by atoms with Crippen molar-refractivity contribution in [3.63, 3.8) is 0 Å². The summed E-state index contributed by atoms with van der Waals surface area (Å²) >= 11 is 4.19. The van der Waals surface area contributed by atoms with Crippen molar-refractivity contribution in [2.45, 2.75) is 30.4 Å². The van der Waals surface area contributed by atoms with Crippen LogP contribution in [0.25, 0.3) is 17.2 Å². The molecule has 0 fully saturated rings. The van der Waals surface area contributed by atoms with E-state index in [9.17, 15) is 19.6 Å². The summed E-state index contributed by atoms with van der Waals surface area (Å²) in [5.41, 5.74) is 5.13. The predicted octanol–water partition coefficient (Wildman–Crippen LogP) is 8.58. The third kappa shape index (κ3) is 8.20. The third-order valence-corrected chi connectivity index (χ3v) is 9.87. The Kier molecular flexibility index (Phi) is 10.8. The molecule has 3 amide bonds. The zero-order chi connectivity index (χ0) is 32.5. The van der Waals surface area contributed by atoms with Gasteiger partial charge in [-0.15, -0.1) is 23.1 Å². The van der Waals surface area contributed by atoms with Crippen molar-refractivity contribution in [2.24, 2.45) is 0 Å². The van der Waals surface area contributed by atoms with Gasteiger partial charge in [0.2, 0.25) is 5.91 Å². The second-order valence-electron chi connectivity index (χ2n) is 10.3. The molecule has 3 N–H and O–H groups in total. The molecule has 2 heterocycles. The third-order valence-electron chi connectivity index (χ3n) is 6.92. The fourth-order valence-electron chi connectivity index (χ4n) is 4.50. The Morgan fingerprint density at radius 1 is 0.957 bits per heavy atom. The van der Waals surface area contributed by atoms with Crippen LogP contribution in [0.15, 0.2) is 112 Å². The summed E-state index contributed by atoms with van der Waals surface area (Å²) in [6, 6.07) is 28.0. The van der Waals surface area contributed by atoms with Crippen LogP contribution in [0.4, 0.5) is 10.7 Å². The van der Waals surface area contributed by atoms with Crippen molar-refractivity contribution in [2.75, 3.05) is 10.6 Å². The normalized spacial score (nSPS) is 11.7. The van der Waals surface area contributed by atoms with Crippen LogP contribution in [0, 0.1) is 18.3 Å². The predicted molar refractivity (Wildman–Crippen MR) is 189 cm³/mol. The number of anilines is 2. The minimum absolute atomic E-state index is 0.102. The molecule has 5 aromatic rings. The summed E-state index contributed by atoms with van der Waals surface area (Å²) in [5, 5.41) is 24.2. The number of carbonyl (C=O) groups excluding carboxylic acids is 3. The average molecular weight is 663 g/mol. The number of nitriles is 1. The molecule has 0 radical (unpaired) electrons. The average Bonchev–Trinajstić information content (AvgIpc) is 3.74. The molecule has 0 spiro atoms. The number of nitrogens with zero attached hydrogens (tertiary/aromatic N) is 1. The molecule has 7 nitrogen and oxygen atoms in total. The van der Waals surface area contributed by atoms with Crippen molar-refractivity contribution in [3.05, 3.63) is 129 Å². The Bertz CT molecular complexity index is 1910. The Morgan fingerprint density at radius 3 is 2.43 bits per heavy atom. The van der Waals surface area contributed by atoms with Crippen LogP contribution in [0.5, 0.6) is 0 Å². The van der Waals surface area contributed by atoms with Gasteiger partial charge in [-0.25, -0.2) is 0 Å². The van der Waals surface area contributed by atoms with E-state index in [1.807, 2.05) is 72.5 Å². The molecule has 230 valence electrons. The first-order chi connectivity index (χ1) is 22.3. The molecule has 1 atom stereocenters. The van der Waals surface area contributed by atoms with Gasteiger partial charge in [-0.1, -0.05) is 61.0 Å². The summed E-state index contributed by atoms with van der Waals surface area (Å²) in [4.78, 5) is 40.4. The molecule has 0 saturated heterocycles. The van der Waals surface area contributed by atoms with Gasteiger partial charge in [0.05, 0.1) is 10.8 Å². The van der Waals surface area contributed by atoms with E-state index in [0.717, 1.165) is 27.1 Å². The summed E-state index contributed by atoms with van der Waals surface area (Å²) in [5.74, 6) is -1.08. The fourth-order valence-corrected chi connectivity index (χ4v) is 7.05. The number of amides is 3. The number of thiophene rings is 2. The highest BCUT2D eigenvalue weighted by Crippen LogP contribution is 2.36. The number of hydrogen-bond donors (Lipinski definition) is 3. The van der Waals surface area contributed by atoms with Gasteiger partial charge in [0.25, 0.3) is 11.8 Å². The maximum atomic E-state index is 13.4.